The minimum Gasteiger partial charge on any atom is -0.0848 e. The maximum Gasteiger partial charge on any atom is -0.00841 e. The highest BCUT2D eigenvalue weighted by atomic mass is 14.5. The molecule has 0 saturated heterocycles. The van der Waals surface area contributed by atoms with Gasteiger partial charge in [-0.1, -0.05) is 58.1 Å². The average molecular weight is 234 g/mol. The molecule has 2 aliphatic carbocycles. The van der Waals surface area contributed by atoms with E-state index < -0.39 is 0 Å². The van der Waals surface area contributed by atoms with Crippen molar-refractivity contribution in [2.75, 3.05) is 0 Å². The first-order chi connectivity index (χ1) is 8.30. The Balaban J connectivity index is 1.92. The van der Waals surface area contributed by atoms with E-state index in [0.29, 0.717) is 5.41 Å². The lowest BCUT2D eigenvalue weighted by molar-refractivity contribution is 0.202. The summed E-state index contributed by atoms with van der Waals surface area (Å²) in [7, 11) is 0. The van der Waals surface area contributed by atoms with Crippen LogP contribution in [0, 0.1) is 17.3 Å². The van der Waals surface area contributed by atoms with Gasteiger partial charge in [0.05, 0.1) is 0 Å². The van der Waals surface area contributed by atoms with Gasteiger partial charge in [-0.3, -0.25) is 0 Å². The van der Waals surface area contributed by atoms with Crippen molar-refractivity contribution in [3.8, 4) is 0 Å². The van der Waals surface area contributed by atoms with Crippen LogP contribution in [0.25, 0.3) is 0 Å². The van der Waals surface area contributed by atoms with Crippen molar-refractivity contribution >= 4 is 0 Å². The van der Waals surface area contributed by atoms with Crippen molar-refractivity contribution in [2.45, 2.75) is 78.1 Å². The summed E-state index contributed by atoms with van der Waals surface area (Å²) in [4.78, 5) is 0. The molecule has 0 heterocycles. The molecule has 0 aromatic carbocycles. The lowest BCUT2D eigenvalue weighted by Gasteiger charge is -2.34. The van der Waals surface area contributed by atoms with Crippen LogP contribution in [0.3, 0.4) is 0 Å². The van der Waals surface area contributed by atoms with Crippen molar-refractivity contribution in [3.05, 3.63) is 12.2 Å². The molecule has 17 heavy (non-hydrogen) atoms. The molecule has 1 fully saturated rings. The first-order valence-corrected chi connectivity index (χ1v) is 8.00. The molecule has 1 saturated carbocycles. The zero-order chi connectivity index (χ0) is 12.1. The fourth-order valence-electron chi connectivity index (χ4n) is 4.11. The van der Waals surface area contributed by atoms with Gasteiger partial charge in [0.15, 0.2) is 0 Å². The molecular formula is C17H30. The van der Waals surface area contributed by atoms with Crippen molar-refractivity contribution in [2.24, 2.45) is 17.3 Å². The minimum absolute atomic E-state index is 0.646. The summed E-state index contributed by atoms with van der Waals surface area (Å²) in [5, 5.41) is 0. The van der Waals surface area contributed by atoms with E-state index in [4.69, 9.17) is 0 Å². The third-order valence-electron chi connectivity index (χ3n) is 5.20. The van der Waals surface area contributed by atoms with Gasteiger partial charge < -0.3 is 0 Å². The Morgan fingerprint density at radius 1 is 1.12 bits per heavy atom. The van der Waals surface area contributed by atoms with Gasteiger partial charge in [-0.2, -0.15) is 0 Å². The van der Waals surface area contributed by atoms with E-state index in [9.17, 15) is 0 Å². The van der Waals surface area contributed by atoms with Gasteiger partial charge in [-0.05, 0) is 49.4 Å². The second kappa shape index (κ2) is 6.07. The first kappa shape index (κ1) is 13.2. The fourth-order valence-corrected chi connectivity index (χ4v) is 4.11. The molecule has 98 valence electrons. The van der Waals surface area contributed by atoms with Crippen molar-refractivity contribution < 1.29 is 0 Å². The molecule has 0 nitrogen and oxygen atoms in total. The van der Waals surface area contributed by atoms with Gasteiger partial charge in [-0.15, -0.1) is 0 Å². The Morgan fingerprint density at radius 3 is 2.41 bits per heavy atom. The van der Waals surface area contributed by atoms with Crippen LogP contribution in [-0.2, 0) is 0 Å². The lowest BCUT2D eigenvalue weighted by atomic mass is 9.70. The second-order valence-electron chi connectivity index (χ2n) is 6.43. The number of hydrogen-bond donors (Lipinski definition) is 0. The maximum absolute atomic E-state index is 2.62. The predicted molar refractivity (Wildman–Crippen MR) is 76.1 cm³/mol. The largest absolute Gasteiger partial charge is 0.0848 e. The van der Waals surface area contributed by atoms with Gasteiger partial charge in [0.25, 0.3) is 0 Å². The summed E-state index contributed by atoms with van der Waals surface area (Å²) in [6.07, 6.45) is 19.7. The monoisotopic (exact) mass is 234 g/mol. The van der Waals surface area contributed by atoms with Crippen LogP contribution in [0.15, 0.2) is 12.2 Å². The Kier molecular flexibility index (Phi) is 4.70. The van der Waals surface area contributed by atoms with E-state index in [2.05, 4.69) is 26.0 Å². The minimum atomic E-state index is 0.646. The molecule has 0 heteroatoms. The SMILES string of the molecule is CCCCCC(CCCC)C12C=CC(CC1)C2. The second-order valence-corrected chi connectivity index (χ2v) is 6.43. The van der Waals surface area contributed by atoms with Crippen LogP contribution in [0.5, 0.6) is 0 Å². The number of rotatable bonds is 8. The summed E-state index contributed by atoms with van der Waals surface area (Å²) in [6.45, 7) is 4.66. The van der Waals surface area contributed by atoms with Crippen LogP contribution in [-0.4, -0.2) is 0 Å². The third kappa shape index (κ3) is 2.95. The molecule has 0 N–H and O–H groups in total. The normalized spacial score (nSPS) is 32.2. The molecule has 0 amide bonds. The van der Waals surface area contributed by atoms with Gasteiger partial charge in [-0.25, -0.2) is 0 Å². The number of unbranched alkanes of at least 4 members (excludes halogenated alkanes) is 3. The summed E-state index contributed by atoms with van der Waals surface area (Å²) in [5.74, 6) is 1.95. The zero-order valence-electron chi connectivity index (χ0n) is 11.9. The van der Waals surface area contributed by atoms with Crippen LogP contribution < -0.4 is 0 Å². The molecule has 0 aromatic heterocycles. The summed E-state index contributed by atoms with van der Waals surface area (Å²) >= 11 is 0. The smallest absolute Gasteiger partial charge is 0.00841 e. The Labute approximate surface area is 108 Å². The Morgan fingerprint density at radius 2 is 1.88 bits per heavy atom. The molecule has 0 radical (unpaired) electrons. The van der Waals surface area contributed by atoms with E-state index in [0.717, 1.165) is 11.8 Å². The molecular weight excluding hydrogens is 204 g/mol. The van der Waals surface area contributed by atoms with Gasteiger partial charge in [0.1, 0.15) is 0 Å². The van der Waals surface area contributed by atoms with Gasteiger partial charge in [0, 0.05) is 0 Å². The molecule has 0 spiro atoms. The molecule has 2 aliphatic rings. The third-order valence-corrected chi connectivity index (χ3v) is 5.20. The predicted octanol–water partition coefficient (Wildman–Crippen LogP) is 5.73. The molecule has 0 aliphatic heterocycles. The van der Waals surface area contributed by atoms with Gasteiger partial charge in [0.2, 0.25) is 0 Å². The first-order valence-electron chi connectivity index (χ1n) is 8.00. The highest BCUT2D eigenvalue weighted by molar-refractivity contribution is 5.17. The quantitative estimate of drug-likeness (QED) is 0.371. The molecule has 3 atom stereocenters. The Hall–Kier alpha value is -0.260. The number of fused-ring (bicyclic) bond motifs is 2. The lowest BCUT2D eigenvalue weighted by Crippen LogP contribution is -2.24. The zero-order valence-corrected chi connectivity index (χ0v) is 11.9. The van der Waals surface area contributed by atoms with E-state index in [-0.39, 0.29) is 0 Å². The van der Waals surface area contributed by atoms with E-state index in [1.807, 2.05) is 0 Å². The number of hydrogen-bond acceptors (Lipinski definition) is 0. The van der Waals surface area contributed by atoms with Crippen molar-refractivity contribution in [3.63, 3.8) is 0 Å². The van der Waals surface area contributed by atoms with Crippen LogP contribution >= 0.6 is 0 Å². The number of allylic oxidation sites excluding steroid dienone is 2. The Bertz CT molecular complexity index is 253. The van der Waals surface area contributed by atoms with E-state index >= 15 is 0 Å². The summed E-state index contributed by atoms with van der Waals surface area (Å²) < 4.78 is 0. The molecule has 2 bridgehead atoms. The maximum atomic E-state index is 2.62. The standard InChI is InChI=1S/C17H30/c1-3-5-7-9-16(8-6-4-2)17-12-10-15(14-17)11-13-17/h10,12,15-16H,3-9,11,13-14H2,1-2H3. The topological polar surface area (TPSA) is 0 Å². The van der Waals surface area contributed by atoms with E-state index in [1.54, 1.807) is 0 Å². The highest BCUT2D eigenvalue weighted by Gasteiger charge is 2.45. The van der Waals surface area contributed by atoms with Gasteiger partial charge >= 0.3 is 0 Å². The molecule has 2 rings (SSSR count). The highest BCUT2D eigenvalue weighted by Crippen LogP contribution is 2.56. The van der Waals surface area contributed by atoms with Crippen molar-refractivity contribution in [1.82, 2.24) is 0 Å². The van der Waals surface area contributed by atoms with Crippen LogP contribution in [0.4, 0.5) is 0 Å². The van der Waals surface area contributed by atoms with Crippen LogP contribution in [0.1, 0.15) is 78.1 Å². The molecule has 3 unspecified atom stereocenters. The fraction of sp³-hybridized carbons (Fsp3) is 0.882. The van der Waals surface area contributed by atoms with Crippen molar-refractivity contribution in [1.29, 1.82) is 0 Å². The summed E-state index contributed by atoms with van der Waals surface area (Å²) in [6, 6.07) is 0. The average Bonchev–Trinajstić information content (AvgIpc) is 2.94. The summed E-state index contributed by atoms with van der Waals surface area (Å²) in [5.41, 5.74) is 0.646. The van der Waals surface area contributed by atoms with E-state index in [1.165, 1.54) is 64.2 Å². The van der Waals surface area contributed by atoms with Crippen LogP contribution in [0.2, 0.25) is 0 Å². The molecule has 0 aromatic rings.